The molecule has 0 aromatic carbocycles. The van der Waals surface area contributed by atoms with Gasteiger partial charge in [0.1, 0.15) is 0 Å². The third-order valence-electron chi connectivity index (χ3n) is 2.19. The van der Waals surface area contributed by atoms with Crippen molar-refractivity contribution in [3.05, 3.63) is 24.0 Å². The second-order valence-electron chi connectivity index (χ2n) is 3.31. The van der Waals surface area contributed by atoms with Crippen molar-refractivity contribution in [3.63, 3.8) is 0 Å². The van der Waals surface area contributed by atoms with Crippen molar-refractivity contribution in [3.8, 4) is 0 Å². The van der Waals surface area contributed by atoms with Crippen LogP contribution < -0.4 is 5.32 Å². The van der Waals surface area contributed by atoms with Gasteiger partial charge in [0.25, 0.3) is 0 Å². The average Bonchev–Trinajstić information content (AvgIpc) is 2.69. The number of nitrogens with zero attached hydrogens (tertiary/aromatic N) is 1. The van der Waals surface area contributed by atoms with Gasteiger partial charge in [-0.3, -0.25) is 0 Å². The largest absolute Gasteiger partial charge is 0.394 e. The summed E-state index contributed by atoms with van der Waals surface area (Å²) in [4.78, 5) is 0. The van der Waals surface area contributed by atoms with Crippen molar-refractivity contribution in [1.82, 2.24) is 9.88 Å². The third-order valence-corrected chi connectivity index (χ3v) is 2.19. The normalized spacial score (nSPS) is 10.8. The average molecular weight is 212 g/mol. The zero-order valence-electron chi connectivity index (χ0n) is 9.28. The van der Waals surface area contributed by atoms with E-state index in [1.54, 1.807) is 0 Å². The monoisotopic (exact) mass is 212 g/mol. The first kappa shape index (κ1) is 12.2. The molecule has 4 nitrogen and oxygen atoms in total. The Hall–Kier alpha value is -0.840. The lowest BCUT2D eigenvalue weighted by Gasteiger charge is -2.09. The van der Waals surface area contributed by atoms with Gasteiger partial charge < -0.3 is 19.7 Å². The van der Waals surface area contributed by atoms with Crippen molar-refractivity contribution in [2.24, 2.45) is 0 Å². The number of nitrogens with one attached hydrogen (secondary N) is 1. The number of hydrogen-bond donors (Lipinski definition) is 2. The minimum absolute atomic E-state index is 0.0932. The predicted octanol–water partition coefficient (Wildman–Crippen LogP) is 0.607. The van der Waals surface area contributed by atoms with Gasteiger partial charge >= 0.3 is 0 Å². The number of ether oxygens (including phenoxy) is 1. The maximum atomic E-state index is 8.55. The summed E-state index contributed by atoms with van der Waals surface area (Å²) in [6.45, 7) is 5.97. The smallest absolute Gasteiger partial charge is 0.0698 e. The van der Waals surface area contributed by atoms with Crippen LogP contribution in [0.2, 0.25) is 0 Å². The minimum Gasteiger partial charge on any atom is -0.394 e. The zero-order chi connectivity index (χ0) is 10.9. The standard InChI is InChI=1S/C11H20N2O2/c1-2-12-10-11-4-3-5-13(11)6-8-15-9-7-14/h3-5,12,14H,2,6-10H2,1H3. The molecule has 0 aliphatic rings. The molecule has 0 fully saturated rings. The Morgan fingerprint density at radius 2 is 2.33 bits per heavy atom. The lowest BCUT2D eigenvalue weighted by molar-refractivity contribution is 0.0866. The summed E-state index contributed by atoms with van der Waals surface area (Å²) < 4.78 is 7.39. The van der Waals surface area contributed by atoms with Gasteiger partial charge in [-0.15, -0.1) is 0 Å². The van der Waals surface area contributed by atoms with Crippen LogP contribution in [0, 0.1) is 0 Å². The highest BCUT2D eigenvalue weighted by atomic mass is 16.5. The molecule has 0 unspecified atom stereocenters. The molecule has 0 bridgehead atoms. The van der Waals surface area contributed by atoms with E-state index in [0.29, 0.717) is 13.2 Å². The van der Waals surface area contributed by atoms with Crippen molar-refractivity contribution in [2.75, 3.05) is 26.4 Å². The summed E-state index contributed by atoms with van der Waals surface area (Å²) in [5.41, 5.74) is 1.27. The molecule has 0 aliphatic carbocycles. The summed E-state index contributed by atoms with van der Waals surface area (Å²) in [5.74, 6) is 0. The number of rotatable bonds is 8. The number of aliphatic hydroxyl groups is 1. The molecule has 0 spiro atoms. The predicted molar refractivity (Wildman–Crippen MR) is 59.7 cm³/mol. The molecule has 4 heteroatoms. The lowest BCUT2D eigenvalue weighted by Crippen LogP contribution is -2.16. The minimum atomic E-state index is 0.0932. The van der Waals surface area contributed by atoms with E-state index in [1.807, 2.05) is 6.07 Å². The molecule has 0 amide bonds. The molecule has 2 N–H and O–H groups in total. The van der Waals surface area contributed by atoms with E-state index in [0.717, 1.165) is 19.6 Å². The summed E-state index contributed by atoms with van der Waals surface area (Å²) in [6.07, 6.45) is 2.05. The first-order chi connectivity index (χ1) is 7.38. The molecule has 15 heavy (non-hydrogen) atoms. The Kier molecular flexibility index (Phi) is 6.08. The fourth-order valence-electron chi connectivity index (χ4n) is 1.41. The zero-order valence-corrected chi connectivity index (χ0v) is 9.28. The van der Waals surface area contributed by atoms with Crippen molar-refractivity contribution in [2.45, 2.75) is 20.0 Å². The molecule has 0 radical (unpaired) electrons. The summed E-state index contributed by atoms with van der Waals surface area (Å²) in [7, 11) is 0. The van der Waals surface area contributed by atoms with Crippen LogP contribution in [0.3, 0.4) is 0 Å². The summed E-state index contributed by atoms with van der Waals surface area (Å²) in [5, 5.41) is 11.8. The molecule has 0 saturated heterocycles. The molecule has 1 rings (SSSR count). The summed E-state index contributed by atoms with van der Waals surface area (Å²) in [6, 6.07) is 4.15. The van der Waals surface area contributed by atoms with E-state index >= 15 is 0 Å². The van der Waals surface area contributed by atoms with E-state index < -0.39 is 0 Å². The fraction of sp³-hybridized carbons (Fsp3) is 0.636. The first-order valence-electron chi connectivity index (χ1n) is 5.41. The molecule has 1 aromatic heterocycles. The van der Waals surface area contributed by atoms with Crippen molar-refractivity contribution in [1.29, 1.82) is 0 Å². The van der Waals surface area contributed by atoms with Gasteiger partial charge in [0.05, 0.1) is 19.8 Å². The van der Waals surface area contributed by atoms with E-state index in [1.165, 1.54) is 5.69 Å². The Bertz CT molecular complexity index is 261. The topological polar surface area (TPSA) is 46.4 Å². The van der Waals surface area contributed by atoms with Crippen LogP contribution in [0.5, 0.6) is 0 Å². The van der Waals surface area contributed by atoms with Gasteiger partial charge in [-0.2, -0.15) is 0 Å². The third kappa shape index (κ3) is 4.46. The maximum Gasteiger partial charge on any atom is 0.0698 e. The van der Waals surface area contributed by atoms with E-state index in [2.05, 4.69) is 29.1 Å². The van der Waals surface area contributed by atoms with Crippen molar-refractivity contribution >= 4 is 0 Å². The Labute approximate surface area is 90.9 Å². The molecule has 0 saturated carbocycles. The maximum absolute atomic E-state index is 8.55. The van der Waals surface area contributed by atoms with Gasteiger partial charge in [0, 0.05) is 25.0 Å². The van der Waals surface area contributed by atoms with Crippen LogP contribution in [-0.4, -0.2) is 36.0 Å². The molecular weight excluding hydrogens is 192 g/mol. The highest BCUT2D eigenvalue weighted by Crippen LogP contribution is 2.01. The van der Waals surface area contributed by atoms with Crippen LogP contribution in [0.25, 0.3) is 0 Å². The van der Waals surface area contributed by atoms with Crippen LogP contribution in [-0.2, 0) is 17.8 Å². The molecular formula is C11H20N2O2. The molecule has 86 valence electrons. The van der Waals surface area contributed by atoms with Gasteiger partial charge in [0.2, 0.25) is 0 Å². The summed E-state index contributed by atoms with van der Waals surface area (Å²) >= 11 is 0. The van der Waals surface area contributed by atoms with Crippen LogP contribution >= 0.6 is 0 Å². The van der Waals surface area contributed by atoms with Crippen LogP contribution in [0.15, 0.2) is 18.3 Å². The molecule has 1 heterocycles. The second-order valence-corrected chi connectivity index (χ2v) is 3.31. The van der Waals surface area contributed by atoms with E-state index in [-0.39, 0.29) is 6.61 Å². The number of aliphatic hydroxyl groups excluding tert-OH is 1. The molecule has 1 aromatic rings. The molecule has 0 aliphatic heterocycles. The second kappa shape index (κ2) is 7.45. The number of aromatic nitrogens is 1. The Morgan fingerprint density at radius 1 is 1.47 bits per heavy atom. The van der Waals surface area contributed by atoms with Crippen LogP contribution in [0.1, 0.15) is 12.6 Å². The van der Waals surface area contributed by atoms with Gasteiger partial charge in [-0.1, -0.05) is 6.92 Å². The highest BCUT2D eigenvalue weighted by Gasteiger charge is 1.99. The van der Waals surface area contributed by atoms with Gasteiger partial charge in [-0.25, -0.2) is 0 Å². The van der Waals surface area contributed by atoms with E-state index in [4.69, 9.17) is 9.84 Å². The lowest BCUT2D eigenvalue weighted by atomic mass is 10.4. The quantitative estimate of drug-likeness (QED) is 0.621. The van der Waals surface area contributed by atoms with Gasteiger partial charge in [-0.05, 0) is 18.7 Å². The number of hydrogen-bond acceptors (Lipinski definition) is 3. The highest BCUT2D eigenvalue weighted by molar-refractivity contribution is 5.06. The van der Waals surface area contributed by atoms with Crippen molar-refractivity contribution < 1.29 is 9.84 Å². The Balaban J connectivity index is 2.29. The first-order valence-corrected chi connectivity index (χ1v) is 5.41. The van der Waals surface area contributed by atoms with E-state index in [9.17, 15) is 0 Å². The Morgan fingerprint density at radius 3 is 3.07 bits per heavy atom. The van der Waals surface area contributed by atoms with Gasteiger partial charge in [0.15, 0.2) is 0 Å². The fourth-order valence-corrected chi connectivity index (χ4v) is 1.41. The SMILES string of the molecule is CCNCc1cccn1CCOCCO. The van der Waals surface area contributed by atoms with Crippen LogP contribution in [0.4, 0.5) is 0 Å². The molecule has 0 atom stereocenters.